The minimum atomic E-state index is -3.26. The van der Waals surface area contributed by atoms with Gasteiger partial charge in [-0.05, 0) is 30.9 Å². The lowest BCUT2D eigenvalue weighted by Gasteiger charge is -2.30. The number of amides is 1. The number of benzene rings is 1. The molecule has 0 bridgehead atoms. The molecule has 1 atom stereocenters. The van der Waals surface area contributed by atoms with Crippen LogP contribution in [0.15, 0.2) is 24.3 Å². The first kappa shape index (κ1) is 16.9. The molecule has 22 heavy (non-hydrogen) atoms. The SMILES string of the molecule is CS(=O)(=O)N1CCCC(C(=O)NCCc2ccccc2F)C1. The zero-order valence-corrected chi connectivity index (χ0v) is 13.4. The minimum Gasteiger partial charge on any atom is -0.355 e. The molecule has 2 rings (SSSR count). The average molecular weight is 328 g/mol. The zero-order valence-electron chi connectivity index (χ0n) is 12.6. The lowest BCUT2D eigenvalue weighted by atomic mass is 9.99. The third kappa shape index (κ3) is 4.51. The Bertz CT molecular complexity index is 633. The van der Waals surface area contributed by atoms with E-state index in [1.165, 1.54) is 10.4 Å². The third-order valence-electron chi connectivity index (χ3n) is 3.88. The molecule has 1 aromatic carbocycles. The molecule has 7 heteroatoms. The van der Waals surface area contributed by atoms with E-state index < -0.39 is 10.0 Å². The van der Waals surface area contributed by atoms with Crippen LogP contribution in [0.5, 0.6) is 0 Å². The predicted octanol–water partition coefficient (Wildman–Crippen LogP) is 1.16. The van der Waals surface area contributed by atoms with Crippen molar-refractivity contribution in [1.82, 2.24) is 9.62 Å². The first-order valence-corrected chi connectivity index (χ1v) is 9.19. The van der Waals surface area contributed by atoms with Crippen LogP contribution in [0.25, 0.3) is 0 Å². The van der Waals surface area contributed by atoms with E-state index in [4.69, 9.17) is 0 Å². The first-order chi connectivity index (χ1) is 10.4. The average Bonchev–Trinajstić information content (AvgIpc) is 2.48. The van der Waals surface area contributed by atoms with Gasteiger partial charge in [-0.25, -0.2) is 17.1 Å². The fraction of sp³-hybridized carbons (Fsp3) is 0.533. The van der Waals surface area contributed by atoms with Gasteiger partial charge in [-0.2, -0.15) is 0 Å². The summed E-state index contributed by atoms with van der Waals surface area (Å²) in [5.74, 6) is -0.772. The molecule has 0 saturated carbocycles. The molecule has 1 aromatic rings. The zero-order chi connectivity index (χ0) is 16.2. The van der Waals surface area contributed by atoms with Crippen LogP contribution in [0.1, 0.15) is 18.4 Å². The summed E-state index contributed by atoms with van der Waals surface area (Å²) < 4.78 is 37.9. The van der Waals surface area contributed by atoms with Crippen molar-refractivity contribution in [3.8, 4) is 0 Å². The smallest absolute Gasteiger partial charge is 0.224 e. The topological polar surface area (TPSA) is 66.5 Å². The molecule has 1 aliphatic heterocycles. The summed E-state index contributed by atoms with van der Waals surface area (Å²) in [6.07, 6.45) is 2.93. The highest BCUT2D eigenvalue weighted by atomic mass is 32.2. The van der Waals surface area contributed by atoms with Gasteiger partial charge in [0.15, 0.2) is 0 Å². The maximum absolute atomic E-state index is 13.5. The van der Waals surface area contributed by atoms with E-state index in [2.05, 4.69) is 5.32 Å². The number of carbonyl (C=O) groups is 1. The molecule has 1 heterocycles. The molecule has 1 N–H and O–H groups in total. The van der Waals surface area contributed by atoms with E-state index in [0.717, 1.165) is 6.26 Å². The monoisotopic (exact) mass is 328 g/mol. The Labute approximate surface area is 130 Å². The largest absolute Gasteiger partial charge is 0.355 e. The van der Waals surface area contributed by atoms with Crippen LogP contribution in [0.3, 0.4) is 0 Å². The Morgan fingerprint density at radius 2 is 2.14 bits per heavy atom. The molecule has 0 aromatic heterocycles. The number of hydrogen-bond donors (Lipinski definition) is 1. The molecule has 122 valence electrons. The van der Waals surface area contributed by atoms with Crippen LogP contribution >= 0.6 is 0 Å². The molecule has 0 spiro atoms. The number of nitrogens with zero attached hydrogens (tertiary/aromatic N) is 1. The van der Waals surface area contributed by atoms with E-state index in [1.807, 2.05) is 0 Å². The Morgan fingerprint density at radius 3 is 2.82 bits per heavy atom. The molecule has 5 nitrogen and oxygen atoms in total. The van der Waals surface area contributed by atoms with Crippen molar-refractivity contribution in [2.75, 3.05) is 25.9 Å². The van der Waals surface area contributed by atoms with Crippen molar-refractivity contribution in [3.63, 3.8) is 0 Å². The second-order valence-corrected chi connectivity index (χ2v) is 7.58. The van der Waals surface area contributed by atoms with Crippen LogP contribution in [0.4, 0.5) is 4.39 Å². The van der Waals surface area contributed by atoms with Gasteiger partial charge in [-0.3, -0.25) is 4.79 Å². The van der Waals surface area contributed by atoms with E-state index in [0.29, 0.717) is 37.9 Å². The van der Waals surface area contributed by atoms with Crippen molar-refractivity contribution in [1.29, 1.82) is 0 Å². The van der Waals surface area contributed by atoms with E-state index >= 15 is 0 Å². The fourth-order valence-corrected chi connectivity index (χ4v) is 3.53. The molecule has 0 aliphatic carbocycles. The van der Waals surface area contributed by atoms with Crippen LogP contribution in [-0.4, -0.2) is 44.5 Å². The summed E-state index contributed by atoms with van der Waals surface area (Å²) in [5.41, 5.74) is 0.559. The summed E-state index contributed by atoms with van der Waals surface area (Å²) in [4.78, 5) is 12.1. The van der Waals surface area contributed by atoms with Crippen molar-refractivity contribution in [3.05, 3.63) is 35.6 Å². The van der Waals surface area contributed by atoms with E-state index in [1.54, 1.807) is 18.2 Å². The normalized spacial score (nSPS) is 19.8. The Morgan fingerprint density at radius 1 is 1.41 bits per heavy atom. The first-order valence-electron chi connectivity index (χ1n) is 7.34. The lowest BCUT2D eigenvalue weighted by molar-refractivity contribution is -0.126. The Balaban J connectivity index is 1.83. The maximum atomic E-state index is 13.5. The highest BCUT2D eigenvalue weighted by Crippen LogP contribution is 2.18. The van der Waals surface area contributed by atoms with Crippen LogP contribution in [0.2, 0.25) is 0 Å². The van der Waals surface area contributed by atoms with Crippen molar-refractivity contribution >= 4 is 15.9 Å². The van der Waals surface area contributed by atoms with E-state index in [-0.39, 0.29) is 24.2 Å². The summed E-state index contributed by atoms with van der Waals surface area (Å²) in [6.45, 7) is 1.04. The molecule has 1 fully saturated rings. The fourth-order valence-electron chi connectivity index (χ4n) is 2.62. The molecular formula is C15H21FN2O3S. The van der Waals surface area contributed by atoms with Crippen LogP contribution in [0, 0.1) is 11.7 Å². The van der Waals surface area contributed by atoms with Gasteiger partial charge >= 0.3 is 0 Å². The summed E-state index contributed by atoms with van der Waals surface area (Å²) >= 11 is 0. The number of piperidine rings is 1. The van der Waals surface area contributed by atoms with Gasteiger partial charge in [0.2, 0.25) is 15.9 Å². The van der Waals surface area contributed by atoms with Gasteiger partial charge in [0.1, 0.15) is 5.82 Å². The lowest BCUT2D eigenvalue weighted by Crippen LogP contribution is -2.45. The van der Waals surface area contributed by atoms with Gasteiger partial charge in [-0.15, -0.1) is 0 Å². The van der Waals surface area contributed by atoms with Gasteiger partial charge in [-0.1, -0.05) is 18.2 Å². The Hall–Kier alpha value is -1.47. The standard InChI is InChI=1S/C15H21FN2O3S/c1-22(20,21)18-10-4-6-13(11-18)15(19)17-9-8-12-5-2-3-7-14(12)16/h2-3,5,7,13H,4,6,8-11H2,1H3,(H,17,19). The maximum Gasteiger partial charge on any atom is 0.224 e. The minimum absolute atomic E-state index is 0.162. The number of rotatable bonds is 5. The third-order valence-corrected chi connectivity index (χ3v) is 5.15. The summed E-state index contributed by atoms with van der Waals surface area (Å²) in [7, 11) is -3.26. The molecule has 1 amide bonds. The highest BCUT2D eigenvalue weighted by molar-refractivity contribution is 7.88. The number of hydrogen-bond acceptors (Lipinski definition) is 3. The van der Waals surface area contributed by atoms with Gasteiger partial charge in [0, 0.05) is 19.6 Å². The number of carbonyl (C=O) groups excluding carboxylic acids is 1. The van der Waals surface area contributed by atoms with Crippen LogP contribution in [-0.2, 0) is 21.2 Å². The van der Waals surface area contributed by atoms with Gasteiger partial charge in [0.25, 0.3) is 0 Å². The number of halogens is 1. The quantitative estimate of drug-likeness (QED) is 0.882. The molecule has 1 saturated heterocycles. The second kappa shape index (κ2) is 7.19. The van der Waals surface area contributed by atoms with E-state index in [9.17, 15) is 17.6 Å². The van der Waals surface area contributed by atoms with Gasteiger partial charge in [0.05, 0.1) is 12.2 Å². The number of nitrogens with one attached hydrogen (secondary N) is 1. The van der Waals surface area contributed by atoms with Crippen LogP contribution < -0.4 is 5.32 Å². The molecule has 0 radical (unpaired) electrons. The van der Waals surface area contributed by atoms with Crippen molar-refractivity contribution < 1.29 is 17.6 Å². The summed E-state index contributed by atoms with van der Waals surface area (Å²) in [6, 6.07) is 6.46. The molecule has 1 aliphatic rings. The second-order valence-electron chi connectivity index (χ2n) is 5.59. The predicted molar refractivity (Wildman–Crippen MR) is 82.3 cm³/mol. The van der Waals surface area contributed by atoms with Crippen molar-refractivity contribution in [2.45, 2.75) is 19.3 Å². The number of sulfonamides is 1. The summed E-state index contributed by atoms with van der Waals surface area (Å²) in [5, 5.41) is 2.77. The highest BCUT2D eigenvalue weighted by Gasteiger charge is 2.29. The Kier molecular flexibility index (Phi) is 5.52. The van der Waals surface area contributed by atoms with Gasteiger partial charge < -0.3 is 5.32 Å². The van der Waals surface area contributed by atoms with Crippen molar-refractivity contribution in [2.24, 2.45) is 5.92 Å². The molecular weight excluding hydrogens is 307 g/mol. The molecule has 1 unspecified atom stereocenters.